The lowest BCUT2D eigenvalue weighted by atomic mass is 10.1. The molecular formula is C28H31Cl2F2IN10. The van der Waals surface area contributed by atoms with Gasteiger partial charge in [-0.1, -0.05) is 48.9 Å². The second-order valence-electron chi connectivity index (χ2n) is 9.91. The van der Waals surface area contributed by atoms with Crippen LogP contribution in [0.1, 0.15) is 51.4 Å². The summed E-state index contributed by atoms with van der Waals surface area (Å²) in [6.45, 7) is 0. The molecular weight excluding hydrogens is 712 g/mol. The van der Waals surface area contributed by atoms with Crippen molar-refractivity contribution in [2.75, 3.05) is 22.1 Å². The van der Waals surface area contributed by atoms with Crippen LogP contribution < -0.4 is 22.1 Å². The van der Waals surface area contributed by atoms with E-state index in [1.165, 1.54) is 69.2 Å². The van der Waals surface area contributed by atoms with Crippen LogP contribution in [0.4, 0.5) is 32.3 Å². The summed E-state index contributed by atoms with van der Waals surface area (Å²) in [4.78, 5) is 23.5. The molecule has 2 saturated carbocycles. The molecule has 0 atom stereocenters. The smallest absolute Gasteiger partial charge is 0.221 e. The fourth-order valence-corrected chi connectivity index (χ4v) is 5.40. The van der Waals surface area contributed by atoms with Crippen LogP contribution in [-0.2, 0) is 0 Å². The molecule has 2 aliphatic carbocycles. The van der Waals surface area contributed by atoms with E-state index in [2.05, 4.69) is 63.1 Å². The summed E-state index contributed by atoms with van der Waals surface area (Å²) in [6.07, 6.45) is 15.8. The molecule has 0 amide bonds. The SMILES string of the molecule is Fc1cccnc1Cl.Nc1ncc(-c2ccnc(Cl)c2F)c(NC2CCCC2)n1.Nc1ncc(I)c(NC2CCCC2)n1. The molecule has 0 bridgehead atoms. The van der Waals surface area contributed by atoms with Crippen molar-refractivity contribution in [3.8, 4) is 11.1 Å². The second-order valence-corrected chi connectivity index (χ2v) is 11.8. The monoisotopic (exact) mass is 742 g/mol. The van der Waals surface area contributed by atoms with Crippen molar-refractivity contribution in [3.63, 3.8) is 0 Å². The summed E-state index contributed by atoms with van der Waals surface area (Å²) < 4.78 is 27.3. The maximum Gasteiger partial charge on any atom is 0.221 e. The Balaban J connectivity index is 0.000000165. The Kier molecular flexibility index (Phi) is 12.2. The van der Waals surface area contributed by atoms with Gasteiger partial charge in [-0.05, 0) is 66.5 Å². The summed E-state index contributed by atoms with van der Waals surface area (Å²) in [7, 11) is 0. The lowest BCUT2D eigenvalue weighted by Crippen LogP contribution is -2.17. The molecule has 43 heavy (non-hydrogen) atoms. The minimum Gasteiger partial charge on any atom is -0.368 e. The molecule has 0 saturated heterocycles. The Morgan fingerprint density at radius 2 is 1.28 bits per heavy atom. The molecule has 2 fully saturated rings. The van der Waals surface area contributed by atoms with Crippen molar-refractivity contribution in [1.82, 2.24) is 29.9 Å². The van der Waals surface area contributed by atoms with Gasteiger partial charge in [-0.3, -0.25) is 0 Å². The van der Waals surface area contributed by atoms with Crippen LogP contribution in [-0.4, -0.2) is 42.0 Å². The van der Waals surface area contributed by atoms with E-state index in [9.17, 15) is 8.78 Å². The quantitative estimate of drug-likeness (QED) is 0.122. The van der Waals surface area contributed by atoms with Gasteiger partial charge >= 0.3 is 0 Å². The minimum atomic E-state index is -0.581. The van der Waals surface area contributed by atoms with E-state index >= 15 is 0 Å². The molecule has 0 unspecified atom stereocenters. The molecule has 4 aromatic heterocycles. The second kappa shape index (κ2) is 16.1. The van der Waals surface area contributed by atoms with Gasteiger partial charge in [0.2, 0.25) is 11.9 Å². The maximum absolute atomic E-state index is 14.2. The van der Waals surface area contributed by atoms with E-state index in [-0.39, 0.29) is 16.3 Å². The van der Waals surface area contributed by atoms with Gasteiger partial charge in [0.25, 0.3) is 0 Å². The van der Waals surface area contributed by atoms with Crippen molar-refractivity contribution in [2.45, 2.75) is 63.5 Å². The van der Waals surface area contributed by atoms with Gasteiger partial charge in [0.15, 0.2) is 21.9 Å². The Morgan fingerprint density at radius 1 is 0.721 bits per heavy atom. The number of rotatable bonds is 5. The first kappa shape index (κ1) is 32.7. The summed E-state index contributed by atoms with van der Waals surface area (Å²) in [5.41, 5.74) is 12.0. The number of halogens is 5. The largest absolute Gasteiger partial charge is 0.368 e. The van der Waals surface area contributed by atoms with E-state index in [0.717, 1.165) is 22.2 Å². The van der Waals surface area contributed by atoms with Crippen molar-refractivity contribution in [2.24, 2.45) is 0 Å². The van der Waals surface area contributed by atoms with E-state index in [0.29, 0.717) is 35.0 Å². The number of nitrogens with one attached hydrogen (secondary N) is 2. The maximum atomic E-state index is 14.2. The molecule has 6 rings (SSSR count). The molecule has 0 aliphatic heterocycles. The number of nitrogens with two attached hydrogens (primary N) is 2. The summed E-state index contributed by atoms with van der Waals surface area (Å²) in [6, 6.07) is 5.20. The van der Waals surface area contributed by atoms with Gasteiger partial charge in [0.1, 0.15) is 11.6 Å². The van der Waals surface area contributed by atoms with Gasteiger partial charge in [-0.15, -0.1) is 0 Å². The average Bonchev–Trinajstić information content (AvgIpc) is 3.70. The first-order valence-electron chi connectivity index (χ1n) is 13.7. The van der Waals surface area contributed by atoms with Crippen LogP contribution in [0.3, 0.4) is 0 Å². The van der Waals surface area contributed by atoms with Crippen molar-refractivity contribution < 1.29 is 8.78 Å². The number of aromatic nitrogens is 6. The van der Waals surface area contributed by atoms with Crippen LogP contribution in [0.2, 0.25) is 10.3 Å². The van der Waals surface area contributed by atoms with E-state index in [1.807, 2.05) is 0 Å². The summed E-state index contributed by atoms with van der Waals surface area (Å²) in [5, 5.41) is 6.50. The van der Waals surface area contributed by atoms with Crippen LogP contribution in [0, 0.1) is 15.2 Å². The fraction of sp³-hybridized carbons (Fsp3) is 0.357. The van der Waals surface area contributed by atoms with Crippen LogP contribution in [0.25, 0.3) is 11.1 Å². The number of hydrogen-bond acceptors (Lipinski definition) is 10. The molecule has 0 aromatic carbocycles. The lowest BCUT2D eigenvalue weighted by molar-refractivity contribution is 0.622. The standard InChI is InChI=1S/C14H15ClFN5.C9H13IN4.C5H3ClFN/c15-12-11(16)9(5-6-18-12)10-7-19-14(17)21-13(10)20-8-3-1-2-4-8;10-7-5-12-9(11)14-8(7)13-6-3-1-2-4-6;6-5-4(7)2-1-3-8-5/h5-8H,1-4H2,(H3,17,19,20,21);5-6H,1-4H2,(H3,11,12,13,14);1-3H. The highest BCUT2D eigenvalue weighted by atomic mass is 127. The molecule has 2 aliphatic rings. The van der Waals surface area contributed by atoms with Crippen molar-refractivity contribution in [3.05, 3.63) is 68.5 Å². The van der Waals surface area contributed by atoms with Crippen LogP contribution in [0.5, 0.6) is 0 Å². The predicted octanol–water partition coefficient (Wildman–Crippen LogP) is 7.16. The third-order valence-corrected chi connectivity index (χ3v) is 8.14. The normalized spacial score (nSPS) is 14.8. The third kappa shape index (κ3) is 9.66. The molecule has 0 spiro atoms. The zero-order valence-corrected chi connectivity index (χ0v) is 26.8. The van der Waals surface area contributed by atoms with Gasteiger partial charge in [-0.25, -0.2) is 28.7 Å². The zero-order chi connectivity index (χ0) is 30.8. The van der Waals surface area contributed by atoms with E-state index < -0.39 is 11.6 Å². The number of anilines is 4. The first-order chi connectivity index (χ1) is 20.7. The molecule has 6 N–H and O–H groups in total. The summed E-state index contributed by atoms with van der Waals surface area (Å²) >= 11 is 13.2. The van der Waals surface area contributed by atoms with Crippen LogP contribution in [0.15, 0.2) is 43.0 Å². The Morgan fingerprint density at radius 3 is 1.86 bits per heavy atom. The number of pyridine rings is 2. The highest BCUT2D eigenvalue weighted by molar-refractivity contribution is 14.1. The topological polar surface area (TPSA) is 153 Å². The van der Waals surface area contributed by atoms with Gasteiger partial charge in [0.05, 0.1) is 3.57 Å². The Hall–Kier alpha value is -3.17. The molecule has 0 radical (unpaired) electrons. The highest BCUT2D eigenvalue weighted by Crippen LogP contribution is 2.32. The van der Waals surface area contributed by atoms with Crippen molar-refractivity contribution >= 4 is 69.3 Å². The van der Waals surface area contributed by atoms with Gasteiger partial charge in [0, 0.05) is 48.0 Å². The van der Waals surface area contributed by atoms with E-state index in [4.69, 9.17) is 34.7 Å². The first-order valence-corrected chi connectivity index (χ1v) is 15.5. The van der Waals surface area contributed by atoms with Gasteiger partial charge < -0.3 is 22.1 Å². The summed E-state index contributed by atoms with van der Waals surface area (Å²) in [5.74, 6) is 0.850. The molecule has 4 aromatic rings. The minimum absolute atomic E-state index is 0.0764. The molecule has 228 valence electrons. The predicted molar refractivity (Wildman–Crippen MR) is 175 cm³/mol. The third-order valence-electron chi connectivity index (χ3n) is 6.81. The Bertz CT molecular complexity index is 1480. The average molecular weight is 743 g/mol. The Labute approximate surface area is 272 Å². The van der Waals surface area contributed by atoms with Crippen LogP contribution >= 0.6 is 45.8 Å². The number of nitrogens with zero attached hydrogens (tertiary/aromatic N) is 6. The molecule has 10 nitrogen and oxygen atoms in total. The zero-order valence-electron chi connectivity index (χ0n) is 23.1. The van der Waals surface area contributed by atoms with Crippen molar-refractivity contribution in [1.29, 1.82) is 0 Å². The van der Waals surface area contributed by atoms with Gasteiger partial charge in [-0.2, -0.15) is 9.97 Å². The molecule has 4 heterocycles. The number of nitrogen functional groups attached to an aromatic ring is 2. The highest BCUT2D eigenvalue weighted by Gasteiger charge is 2.20. The lowest BCUT2D eigenvalue weighted by Gasteiger charge is -2.16. The fourth-order valence-electron chi connectivity index (χ4n) is 4.70. The number of hydrogen-bond donors (Lipinski definition) is 4. The van der Waals surface area contributed by atoms with E-state index in [1.54, 1.807) is 12.3 Å². The molecule has 15 heteroatoms.